The fourth-order valence-corrected chi connectivity index (χ4v) is 9.39. The Labute approximate surface area is 360 Å². The zero-order chi connectivity index (χ0) is 41.0. The van der Waals surface area contributed by atoms with Gasteiger partial charge in [-0.15, -0.1) is 0 Å². The summed E-state index contributed by atoms with van der Waals surface area (Å²) >= 11 is 0. The van der Waals surface area contributed by atoms with Crippen molar-refractivity contribution >= 4 is 71.3 Å². The van der Waals surface area contributed by atoms with E-state index in [1.165, 1.54) is 54.9 Å². The van der Waals surface area contributed by atoms with Crippen molar-refractivity contribution < 1.29 is 4.42 Å². The Morgan fingerprint density at radius 1 is 0.290 bits per heavy atom. The maximum Gasteiger partial charge on any atom is 0.143 e. The molecule has 12 rings (SSSR count). The minimum absolute atomic E-state index is 0.888. The molecule has 0 aliphatic carbocycles. The molecule has 2 nitrogen and oxygen atoms in total. The van der Waals surface area contributed by atoms with Crippen LogP contribution in [0.2, 0.25) is 0 Å². The summed E-state index contributed by atoms with van der Waals surface area (Å²) in [5, 5.41) is 9.49. The molecule has 1 aromatic heterocycles. The lowest BCUT2D eigenvalue weighted by Crippen LogP contribution is -2.11. The van der Waals surface area contributed by atoms with Crippen molar-refractivity contribution in [3.05, 3.63) is 237 Å². The predicted octanol–water partition coefficient (Wildman–Crippen LogP) is 17.2. The second kappa shape index (κ2) is 14.8. The second-order valence-corrected chi connectivity index (χ2v) is 16.1. The molecule has 0 N–H and O–H groups in total. The van der Waals surface area contributed by atoms with E-state index in [4.69, 9.17) is 4.42 Å². The van der Waals surface area contributed by atoms with Crippen LogP contribution in [0, 0.1) is 0 Å². The van der Waals surface area contributed by atoms with Crippen molar-refractivity contribution in [3.8, 4) is 44.5 Å². The van der Waals surface area contributed by atoms with Gasteiger partial charge in [0, 0.05) is 33.1 Å². The highest BCUT2D eigenvalue weighted by Gasteiger charge is 2.22. The Bertz CT molecular complexity index is 3610. The summed E-state index contributed by atoms with van der Waals surface area (Å²) in [6.07, 6.45) is 0. The predicted molar refractivity (Wildman–Crippen MR) is 263 cm³/mol. The third kappa shape index (κ3) is 6.12. The van der Waals surface area contributed by atoms with Crippen LogP contribution >= 0.6 is 0 Å². The van der Waals surface area contributed by atoms with Gasteiger partial charge in [-0.3, -0.25) is 0 Å². The normalized spacial score (nSPS) is 11.5. The number of furan rings is 1. The minimum atomic E-state index is 0.888. The lowest BCUT2D eigenvalue weighted by molar-refractivity contribution is 0.673. The Kier molecular flexibility index (Phi) is 8.53. The fourth-order valence-electron chi connectivity index (χ4n) is 9.39. The second-order valence-electron chi connectivity index (χ2n) is 16.1. The molecule has 0 saturated heterocycles. The number of benzene rings is 11. The maximum absolute atomic E-state index is 6.67. The molecular formula is C60H39NO. The average Bonchev–Trinajstić information content (AvgIpc) is 3.74. The van der Waals surface area contributed by atoms with Crippen molar-refractivity contribution in [1.29, 1.82) is 0 Å². The SMILES string of the molecule is c1ccc(N(c2ccc(-c3ccc(-c4cccc5ccccc45)cc3)cc2)c2ccc(-c3ccc4ccccc4c3)cc2)c(-c2cc3ccccc3c3oc4ccccc4c23)c1. The van der Waals surface area contributed by atoms with Gasteiger partial charge < -0.3 is 9.32 Å². The molecule has 0 aliphatic heterocycles. The van der Waals surface area contributed by atoms with Gasteiger partial charge in [0.2, 0.25) is 0 Å². The summed E-state index contributed by atoms with van der Waals surface area (Å²) in [6, 6.07) is 85.5. The van der Waals surface area contributed by atoms with Crippen LogP contribution in [0.25, 0.3) is 98.8 Å². The summed E-state index contributed by atoms with van der Waals surface area (Å²) in [7, 11) is 0. The van der Waals surface area contributed by atoms with Crippen LogP contribution in [-0.2, 0) is 0 Å². The Hall–Kier alpha value is -8.20. The largest absolute Gasteiger partial charge is 0.455 e. The molecule has 62 heavy (non-hydrogen) atoms. The molecule has 2 heteroatoms. The number of nitrogens with zero attached hydrogens (tertiary/aromatic N) is 1. The topological polar surface area (TPSA) is 16.4 Å². The van der Waals surface area contributed by atoms with Gasteiger partial charge in [-0.1, -0.05) is 188 Å². The number of hydrogen-bond acceptors (Lipinski definition) is 2. The van der Waals surface area contributed by atoms with Crippen molar-refractivity contribution in [2.24, 2.45) is 0 Å². The van der Waals surface area contributed by atoms with E-state index in [-0.39, 0.29) is 0 Å². The zero-order valence-electron chi connectivity index (χ0n) is 33.9. The quantitative estimate of drug-likeness (QED) is 0.160. The number of rotatable bonds is 7. The van der Waals surface area contributed by atoms with Crippen LogP contribution in [0.1, 0.15) is 0 Å². The molecule has 0 unspecified atom stereocenters. The highest BCUT2D eigenvalue weighted by atomic mass is 16.3. The first kappa shape index (κ1) is 35.7. The van der Waals surface area contributed by atoms with Gasteiger partial charge in [-0.2, -0.15) is 0 Å². The minimum Gasteiger partial charge on any atom is -0.455 e. The summed E-state index contributed by atoms with van der Waals surface area (Å²) in [5.74, 6) is 0. The highest BCUT2D eigenvalue weighted by molar-refractivity contribution is 6.22. The number of fused-ring (bicyclic) bond motifs is 7. The number of para-hydroxylation sites is 2. The van der Waals surface area contributed by atoms with Crippen molar-refractivity contribution in [1.82, 2.24) is 0 Å². The molecule has 0 saturated carbocycles. The van der Waals surface area contributed by atoms with Gasteiger partial charge >= 0.3 is 0 Å². The van der Waals surface area contributed by atoms with E-state index < -0.39 is 0 Å². The van der Waals surface area contributed by atoms with Crippen LogP contribution in [0.15, 0.2) is 241 Å². The lowest BCUT2D eigenvalue weighted by atomic mass is 9.93. The highest BCUT2D eigenvalue weighted by Crippen LogP contribution is 2.47. The molecule has 0 amide bonds. The summed E-state index contributed by atoms with van der Waals surface area (Å²) in [5.41, 5.74) is 14.5. The Balaban J connectivity index is 0.990. The van der Waals surface area contributed by atoms with Gasteiger partial charge in [0.1, 0.15) is 11.2 Å². The van der Waals surface area contributed by atoms with Gasteiger partial charge in [-0.25, -0.2) is 0 Å². The molecule has 12 aromatic rings. The van der Waals surface area contributed by atoms with E-state index in [0.29, 0.717) is 0 Å². The lowest BCUT2D eigenvalue weighted by Gasteiger charge is -2.28. The molecule has 1 heterocycles. The van der Waals surface area contributed by atoms with Gasteiger partial charge in [0.05, 0.1) is 5.69 Å². The molecule has 0 bridgehead atoms. The van der Waals surface area contributed by atoms with E-state index in [9.17, 15) is 0 Å². The first-order chi connectivity index (χ1) is 30.7. The Morgan fingerprint density at radius 2 is 0.806 bits per heavy atom. The van der Waals surface area contributed by atoms with Crippen LogP contribution in [-0.4, -0.2) is 0 Å². The molecule has 11 aromatic carbocycles. The molecule has 0 aliphatic rings. The average molecular weight is 790 g/mol. The van der Waals surface area contributed by atoms with Crippen molar-refractivity contribution in [2.45, 2.75) is 0 Å². The first-order valence-corrected chi connectivity index (χ1v) is 21.2. The molecule has 290 valence electrons. The van der Waals surface area contributed by atoms with Crippen LogP contribution in [0.4, 0.5) is 17.1 Å². The Morgan fingerprint density at radius 3 is 1.56 bits per heavy atom. The van der Waals surface area contributed by atoms with Crippen LogP contribution < -0.4 is 4.90 Å². The summed E-state index contributed by atoms with van der Waals surface area (Å²) < 4.78 is 6.67. The molecule has 0 atom stereocenters. The smallest absolute Gasteiger partial charge is 0.143 e. The zero-order valence-corrected chi connectivity index (χ0v) is 33.9. The van der Waals surface area contributed by atoms with Gasteiger partial charge in [0.25, 0.3) is 0 Å². The maximum atomic E-state index is 6.67. The van der Waals surface area contributed by atoms with E-state index >= 15 is 0 Å². The summed E-state index contributed by atoms with van der Waals surface area (Å²) in [4.78, 5) is 2.40. The van der Waals surface area contributed by atoms with Gasteiger partial charge in [-0.05, 0) is 114 Å². The molecular weight excluding hydrogens is 751 g/mol. The molecule has 0 radical (unpaired) electrons. The van der Waals surface area contributed by atoms with E-state index in [0.717, 1.165) is 60.9 Å². The standard InChI is InChI=1S/C60H39NO/c1-2-14-46-38-47(29-26-40(46)12-1)43-32-36-50(37-33-43)61(49-34-30-42(31-35-49)41-24-27-45(28-25-41)52-21-11-16-44-13-3-5-17-51(44)52)57-22-9-7-19-54(57)56-39-48-15-4-6-18-53(48)60-59(56)55-20-8-10-23-58(55)62-60/h1-39H. The van der Waals surface area contributed by atoms with Gasteiger partial charge in [0.15, 0.2) is 0 Å². The molecule has 0 fully saturated rings. The third-order valence-electron chi connectivity index (χ3n) is 12.5. The fraction of sp³-hybridized carbons (Fsp3) is 0. The van der Waals surface area contributed by atoms with E-state index in [2.05, 4.69) is 235 Å². The van der Waals surface area contributed by atoms with Crippen molar-refractivity contribution in [3.63, 3.8) is 0 Å². The molecule has 0 spiro atoms. The number of anilines is 3. The third-order valence-corrected chi connectivity index (χ3v) is 12.5. The van der Waals surface area contributed by atoms with E-state index in [1.807, 2.05) is 6.07 Å². The first-order valence-electron chi connectivity index (χ1n) is 21.2. The van der Waals surface area contributed by atoms with Crippen molar-refractivity contribution in [2.75, 3.05) is 4.90 Å². The monoisotopic (exact) mass is 789 g/mol. The summed E-state index contributed by atoms with van der Waals surface area (Å²) in [6.45, 7) is 0. The van der Waals surface area contributed by atoms with Crippen LogP contribution in [0.3, 0.4) is 0 Å². The van der Waals surface area contributed by atoms with Crippen LogP contribution in [0.5, 0.6) is 0 Å². The number of hydrogen-bond donors (Lipinski definition) is 0. The van der Waals surface area contributed by atoms with E-state index in [1.54, 1.807) is 0 Å².